The summed E-state index contributed by atoms with van der Waals surface area (Å²) >= 11 is 0.963. The van der Waals surface area contributed by atoms with E-state index in [9.17, 15) is 26.5 Å². The van der Waals surface area contributed by atoms with E-state index in [2.05, 4.69) is 5.32 Å². The summed E-state index contributed by atoms with van der Waals surface area (Å²) in [6.07, 6.45) is -2.73. The van der Waals surface area contributed by atoms with E-state index in [-0.39, 0.29) is 47.4 Å². The fourth-order valence-corrected chi connectivity index (χ4v) is 5.26. The molecule has 2 aromatic carbocycles. The molecule has 0 spiro atoms. The molecule has 2 rings (SSSR count). The summed E-state index contributed by atoms with van der Waals surface area (Å²) in [5.41, 5.74) is -0.276. The monoisotopic (exact) mass is 539 g/mol. The standard InChI is InChI=1S/C24H31F5NO3PS/c1-23(2,18-6-8-19(25)9-7-18)10-3-4-13-35-22-15-21(26)17(14-20(22)24(27,28)29)16-30-11-5-12-34(31,32)33/h6-9,14-15,30H,3-5,10-13,16H2,1-2H3,(H2,31,32,33). The van der Waals surface area contributed by atoms with E-state index in [0.717, 1.165) is 42.3 Å². The van der Waals surface area contributed by atoms with Crippen LogP contribution < -0.4 is 5.32 Å². The third kappa shape index (κ3) is 10.2. The zero-order valence-corrected chi connectivity index (χ0v) is 21.4. The van der Waals surface area contributed by atoms with Gasteiger partial charge in [-0.2, -0.15) is 13.2 Å². The van der Waals surface area contributed by atoms with E-state index < -0.39 is 25.2 Å². The van der Waals surface area contributed by atoms with E-state index in [1.54, 1.807) is 12.1 Å². The van der Waals surface area contributed by atoms with Crippen molar-refractivity contribution in [3.05, 3.63) is 64.7 Å². The van der Waals surface area contributed by atoms with Gasteiger partial charge in [0.25, 0.3) is 0 Å². The molecule has 196 valence electrons. The van der Waals surface area contributed by atoms with Crippen LogP contribution in [0.2, 0.25) is 0 Å². The number of alkyl halides is 3. The van der Waals surface area contributed by atoms with Gasteiger partial charge < -0.3 is 15.1 Å². The minimum absolute atomic E-state index is 0.115. The molecule has 0 aromatic heterocycles. The molecule has 0 aliphatic rings. The lowest BCUT2D eigenvalue weighted by atomic mass is 9.80. The molecule has 2 aromatic rings. The summed E-state index contributed by atoms with van der Waals surface area (Å²) < 4.78 is 79.3. The minimum Gasteiger partial charge on any atom is -0.324 e. The average molecular weight is 540 g/mol. The zero-order chi connectivity index (χ0) is 26.3. The van der Waals surface area contributed by atoms with E-state index in [0.29, 0.717) is 12.2 Å². The van der Waals surface area contributed by atoms with Gasteiger partial charge in [-0.3, -0.25) is 4.57 Å². The van der Waals surface area contributed by atoms with Gasteiger partial charge in [-0.15, -0.1) is 11.8 Å². The molecule has 0 bridgehead atoms. The van der Waals surface area contributed by atoms with Gasteiger partial charge in [0.1, 0.15) is 11.6 Å². The molecule has 11 heteroatoms. The first-order chi connectivity index (χ1) is 16.2. The summed E-state index contributed by atoms with van der Waals surface area (Å²) in [5, 5.41) is 2.73. The van der Waals surface area contributed by atoms with Crippen LogP contribution in [0.1, 0.15) is 56.2 Å². The van der Waals surface area contributed by atoms with E-state index in [1.807, 2.05) is 13.8 Å². The molecule has 0 aliphatic carbocycles. The molecule has 0 amide bonds. The van der Waals surface area contributed by atoms with Gasteiger partial charge in [0.05, 0.1) is 11.7 Å². The molecule has 0 heterocycles. The topological polar surface area (TPSA) is 69.6 Å². The fraction of sp³-hybridized carbons (Fsp3) is 0.500. The highest BCUT2D eigenvalue weighted by atomic mass is 32.2. The second-order valence-corrected chi connectivity index (χ2v) is 12.0. The van der Waals surface area contributed by atoms with Gasteiger partial charge in [0.2, 0.25) is 0 Å². The molecular weight excluding hydrogens is 508 g/mol. The summed E-state index contributed by atoms with van der Waals surface area (Å²) in [7, 11) is -4.15. The summed E-state index contributed by atoms with van der Waals surface area (Å²) in [6.45, 7) is 4.02. The van der Waals surface area contributed by atoms with Crippen LogP contribution in [0.15, 0.2) is 41.3 Å². The SMILES string of the molecule is CC(C)(CCCCSc1cc(F)c(CNCCCP(=O)(O)O)cc1C(F)(F)F)c1ccc(F)cc1. The zero-order valence-electron chi connectivity index (χ0n) is 19.7. The molecule has 3 N–H and O–H groups in total. The van der Waals surface area contributed by atoms with Crippen LogP contribution in [0.5, 0.6) is 0 Å². The van der Waals surface area contributed by atoms with Gasteiger partial charge in [0, 0.05) is 17.0 Å². The first-order valence-corrected chi connectivity index (χ1v) is 14.0. The van der Waals surface area contributed by atoms with Crippen molar-refractivity contribution in [1.82, 2.24) is 5.32 Å². The molecule has 35 heavy (non-hydrogen) atoms. The van der Waals surface area contributed by atoms with Crippen molar-refractivity contribution in [3.8, 4) is 0 Å². The Hall–Kier alpha value is -1.45. The molecule has 0 saturated heterocycles. The van der Waals surface area contributed by atoms with Crippen LogP contribution in [0.3, 0.4) is 0 Å². The van der Waals surface area contributed by atoms with Gasteiger partial charge in [-0.05, 0) is 66.8 Å². The molecule has 0 saturated carbocycles. The third-order valence-corrected chi connectivity index (χ3v) is 7.69. The van der Waals surface area contributed by atoms with Gasteiger partial charge in [-0.1, -0.05) is 32.4 Å². The summed E-state index contributed by atoms with van der Waals surface area (Å²) in [5.74, 6) is -0.682. The second kappa shape index (κ2) is 12.7. The van der Waals surface area contributed by atoms with E-state index in [4.69, 9.17) is 9.79 Å². The van der Waals surface area contributed by atoms with Crippen molar-refractivity contribution in [2.75, 3.05) is 18.5 Å². The lowest BCUT2D eigenvalue weighted by molar-refractivity contribution is -0.139. The van der Waals surface area contributed by atoms with Crippen molar-refractivity contribution in [3.63, 3.8) is 0 Å². The molecule has 0 unspecified atom stereocenters. The molecule has 0 fully saturated rings. The predicted molar refractivity (Wildman–Crippen MR) is 129 cm³/mol. The van der Waals surface area contributed by atoms with Crippen molar-refractivity contribution >= 4 is 19.4 Å². The van der Waals surface area contributed by atoms with Crippen LogP contribution in [0.25, 0.3) is 0 Å². The number of benzene rings is 2. The molecule has 0 radical (unpaired) electrons. The van der Waals surface area contributed by atoms with E-state index in [1.165, 1.54) is 12.1 Å². The quantitative estimate of drug-likeness (QED) is 0.112. The molecule has 0 aliphatic heterocycles. The highest BCUT2D eigenvalue weighted by Crippen LogP contribution is 2.39. The molecule has 0 atom stereocenters. The normalized spacial score (nSPS) is 12.8. The maximum absolute atomic E-state index is 14.5. The summed E-state index contributed by atoms with van der Waals surface area (Å²) in [4.78, 5) is 17.5. The van der Waals surface area contributed by atoms with Crippen molar-refractivity contribution in [2.24, 2.45) is 0 Å². The first-order valence-electron chi connectivity index (χ1n) is 11.2. The number of hydrogen-bond acceptors (Lipinski definition) is 3. The van der Waals surface area contributed by atoms with Gasteiger partial charge in [0.15, 0.2) is 0 Å². The van der Waals surface area contributed by atoms with Crippen LogP contribution >= 0.6 is 19.4 Å². The highest BCUT2D eigenvalue weighted by molar-refractivity contribution is 7.99. The second-order valence-electron chi connectivity index (χ2n) is 9.05. The molecular formula is C24H31F5NO3PS. The summed E-state index contributed by atoms with van der Waals surface area (Å²) in [6, 6.07) is 7.98. The Balaban J connectivity index is 1.93. The van der Waals surface area contributed by atoms with Crippen LogP contribution in [-0.4, -0.2) is 28.2 Å². The van der Waals surface area contributed by atoms with Crippen LogP contribution in [0, 0.1) is 11.6 Å². The Bertz CT molecular complexity index is 1010. The van der Waals surface area contributed by atoms with Crippen molar-refractivity contribution < 1.29 is 36.3 Å². The largest absolute Gasteiger partial charge is 0.417 e. The van der Waals surface area contributed by atoms with Gasteiger partial charge in [-0.25, -0.2) is 8.78 Å². The first kappa shape index (κ1) is 29.8. The van der Waals surface area contributed by atoms with Crippen molar-refractivity contribution in [2.45, 2.75) is 62.6 Å². The lowest BCUT2D eigenvalue weighted by Crippen LogP contribution is -2.18. The molecule has 4 nitrogen and oxygen atoms in total. The van der Waals surface area contributed by atoms with Gasteiger partial charge >= 0.3 is 13.8 Å². The Labute approximate surface area is 206 Å². The predicted octanol–water partition coefficient (Wildman–Crippen LogP) is 6.88. The van der Waals surface area contributed by atoms with E-state index >= 15 is 0 Å². The number of hydrogen-bond donors (Lipinski definition) is 3. The Morgan fingerprint density at radius 1 is 1.00 bits per heavy atom. The Morgan fingerprint density at radius 3 is 2.26 bits per heavy atom. The Kier molecular flexibility index (Phi) is 10.8. The number of rotatable bonds is 13. The maximum atomic E-state index is 14.5. The fourth-order valence-electron chi connectivity index (χ4n) is 3.61. The Morgan fingerprint density at radius 2 is 1.66 bits per heavy atom. The maximum Gasteiger partial charge on any atom is 0.417 e. The number of unbranched alkanes of at least 4 members (excludes halogenated alkanes) is 1. The number of halogens is 5. The average Bonchev–Trinajstić information content (AvgIpc) is 2.73. The van der Waals surface area contributed by atoms with Crippen molar-refractivity contribution in [1.29, 1.82) is 0 Å². The van der Waals surface area contributed by atoms with Crippen LogP contribution in [-0.2, 0) is 22.7 Å². The van der Waals surface area contributed by atoms with Crippen LogP contribution in [0.4, 0.5) is 22.0 Å². The lowest BCUT2D eigenvalue weighted by Gasteiger charge is -2.25. The number of thioether (sulfide) groups is 1. The minimum atomic E-state index is -4.64. The third-order valence-electron chi connectivity index (χ3n) is 5.65. The highest BCUT2D eigenvalue weighted by Gasteiger charge is 2.34. The number of nitrogens with one attached hydrogen (secondary N) is 1. The smallest absolute Gasteiger partial charge is 0.324 e.